The maximum atomic E-state index is 12.5. The standard InChI is InChI=1S/C18H20O3/c1-2-3-13-21-16-12-8-7-11-15(16)18(20)17(19)14-9-5-4-6-10-14/h4-12,17,19H,2-3,13H2,1H3. The van der Waals surface area contributed by atoms with Crippen molar-refractivity contribution in [3.63, 3.8) is 0 Å². The molecule has 3 nitrogen and oxygen atoms in total. The number of benzene rings is 2. The number of aliphatic hydroxyl groups excluding tert-OH is 1. The third kappa shape index (κ3) is 3.92. The number of carbonyl (C=O) groups is 1. The molecule has 0 radical (unpaired) electrons. The van der Waals surface area contributed by atoms with Gasteiger partial charge in [-0.3, -0.25) is 4.79 Å². The highest BCUT2D eigenvalue weighted by Crippen LogP contribution is 2.25. The van der Waals surface area contributed by atoms with E-state index in [2.05, 4.69) is 6.92 Å². The first-order chi connectivity index (χ1) is 10.2. The highest BCUT2D eigenvalue weighted by atomic mass is 16.5. The number of unbranched alkanes of at least 4 members (excludes halogenated alkanes) is 1. The first-order valence-electron chi connectivity index (χ1n) is 7.23. The summed E-state index contributed by atoms with van der Waals surface area (Å²) >= 11 is 0. The van der Waals surface area contributed by atoms with Gasteiger partial charge in [0.2, 0.25) is 0 Å². The second-order valence-electron chi connectivity index (χ2n) is 4.88. The molecule has 21 heavy (non-hydrogen) atoms. The van der Waals surface area contributed by atoms with Gasteiger partial charge >= 0.3 is 0 Å². The molecule has 0 aliphatic rings. The Morgan fingerprint density at radius 2 is 1.76 bits per heavy atom. The van der Waals surface area contributed by atoms with Crippen LogP contribution in [0.2, 0.25) is 0 Å². The molecule has 0 bridgehead atoms. The summed E-state index contributed by atoms with van der Waals surface area (Å²) in [7, 11) is 0. The predicted molar refractivity (Wildman–Crippen MR) is 82.6 cm³/mol. The molecule has 3 heteroatoms. The number of Topliss-reactive ketones (excluding diaryl/α,β-unsaturated/α-hetero) is 1. The summed E-state index contributed by atoms with van der Waals surface area (Å²) in [6, 6.07) is 16.0. The molecule has 0 aromatic heterocycles. The van der Waals surface area contributed by atoms with Crippen molar-refractivity contribution in [3.8, 4) is 5.75 Å². The third-order valence-corrected chi connectivity index (χ3v) is 3.27. The Balaban J connectivity index is 2.19. The molecule has 1 atom stereocenters. The minimum absolute atomic E-state index is 0.340. The van der Waals surface area contributed by atoms with E-state index in [9.17, 15) is 9.90 Å². The van der Waals surface area contributed by atoms with Crippen LogP contribution in [-0.2, 0) is 0 Å². The average molecular weight is 284 g/mol. The van der Waals surface area contributed by atoms with Crippen LogP contribution < -0.4 is 4.74 Å². The molecule has 0 heterocycles. The average Bonchev–Trinajstić information content (AvgIpc) is 2.55. The molecule has 1 N–H and O–H groups in total. The van der Waals surface area contributed by atoms with Gasteiger partial charge < -0.3 is 9.84 Å². The van der Waals surface area contributed by atoms with Crippen LogP contribution in [0, 0.1) is 0 Å². The number of ketones is 1. The summed E-state index contributed by atoms with van der Waals surface area (Å²) < 4.78 is 5.65. The Hall–Kier alpha value is -2.13. The maximum absolute atomic E-state index is 12.5. The highest BCUT2D eigenvalue weighted by Gasteiger charge is 2.22. The molecule has 0 saturated carbocycles. The summed E-state index contributed by atoms with van der Waals surface area (Å²) in [4.78, 5) is 12.5. The van der Waals surface area contributed by atoms with Crippen LogP contribution in [0.25, 0.3) is 0 Å². The van der Waals surface area contributed by atoms with Gasteiger partial charge in [-0.1, -0.05) is 55.8 Å². The van der Waals surface area contributed by atoms with Gasteiger partial charge in [0.05, 0.1) is 12.2 Å². The lowest BCUT2D eigenvalue weighted by Crippen LogP contribution is -2.14. The molecule has 2 aromatic carbocycles. The molecule has 0 spiro atoms. The molecule has 0 aliphatic heterocycles. The van der Waals surface area contributed by atoms with Gasteiger partial charge in [-0.05, 0) is 24.1 Å². The zero-order valence-corrected chi connectivity index (χ0v) is 12.2. The summed E-state index contributed by atoms with van der Waals surface area (Å²) in [6.07, 6.45) is 0.800. The van der Waals surface area contributed by atoms with Crippen molar-refractivity contribution in [2.24, 2.45) is 0 Å². The van der Waals surface area contributed by atoms with Crippen LogP contribution in [-0.4, -0.2) is 17.5 Å². The van der Waals surface area contributed by atoms with Gasteiger partial charge in [0.25, 0.3) is 0 Å². The van der Waals surface area contributed by atoms with E-state index in [1.54, 1.807) is 42.5 Å². The van der Waals surface area contributed by atoms with Gasteiger partial charge in [0, 0.05) is 0 Å². The quantitative estimate of drug-likeness (QED) is 0.621. The second-order valence-corrected chi connectivity index (χ2v) is 4.88. The molecule has 2 rings (SSSR count). The molecule has 0 aliphatic carbocycles. The van der Waals surface area contributed by atoms with Gasteiger partial charge in [-0.2, -0.15) is 0 Å². The van der Waals surface area contributed by atoms with Gasteiger partial charge in [-0.25, -0.2) is 0 Å². The van der Waals surface area contributed by atoms with Crippen molar-refractivity contribution in [1.82, 2.24) is 0 Å². The zero-order chi connectivity index (χ0) is 15.1. The zero-order valence-electron chi connectivity index (χ0n) is 12.2. The molecule has 110 valence electrons. The first kappa shape index (κ1) is 15.3. The minimum atomic E-state index is -1.16. The van der Waals surface area contributed by atoms with Crippen molar-refractivity contribution >= 4 is 5.78 Å². The Bertz CT molecular complexity index is 578. The monoisotopic (exact) mass is 284 g/mol. The predicted octanol–water partition coefficient (Wildman–Crippen LogP) is 3.78. The van der Waals surface area contributed by atoms with E-state index in [1.807, 2.05) is 12.1 Å². The summed E-state index contributed by atoms with van der Waals surface area (Å²) in [5.41, 5.74) is 1.01. The minimum Gasteiger partial charge on any atom is -0.493 e. The van der Waals surface area contributed by atoms with E-state index in [1.165, 1.54) is 0 Å². The number of para-hydroxylation sites is 1. The molecular formula is C18H20O3. The number of carbonyl (C=O) groups excluding carboxylic acids is 1. The number of aliphatic hydroxyl groups is 1. The highest BCUT2D eigenvalue weighted by molar-refractivity contribution is 6.02. The van der Waals surface area contributed by atoms with Crippen LogP contribution in [0.3, 0.4) is 0 Å². The Morgan fingerprint density at radius 1 is 1.10 bits per heavy atom. The fourth-order valence-corrected chi connectivity index (χ4v) is 2.06. The molecule has 0 saturated heterocycles. The smallest absolute Gasteiger partial charge is 0.199 e. The lowest BCUT2D eigenvalue weighted by Gasteiger charge is -2.14. The SMILES string of the molecule is CCCCOc1ccccc1C(=O)C(O)c1ccccc1. The van der Waals surface area contributed by atoms with Gasteiger partial charge in [0.15, 0.2) is 5.78 Å². The van der Waals surface area contributed by atoms with Gasteiger partial charge in [-0.15, -0.1) is 0 Å². The molecular weight excluding hydrogens is 264 g/mol. The summed E-state index contributed by atoms with van der Waals surface area (Å²) in [5, 5.41) is 10.2. The Kier molecular flexibility index (Phi) is 5.52. The van der Waals surface area contributed by atoms with E-state index >= 15 is 0 Å². The number of hydrogen-bond donors (Lipinski definition) is 1. The normalized spacial score (nSPS) is 11.9. The lowest BCUT2D eigenvalue weighted by molar-refractivity contribution is 0.0743. The second kappa shape index (κ2) is 7.60. The van der Waals surface area contributed by atoms with Crippen molar-refractivity contribution in [2.75, 3.05) is 6.61 Å². The first-order valence-corrected chi connectivity index (χ1v) is 7.23. The summed E-state index contributed by atoms with van der Waals surface area (Å²) in [6.45, 7) is 2.65. The number of rotatable bonds is 7. The van der Waals surface area contributed by atoms with Crippen molar-refractivity contribution in [2.45, 2.75) is 25.9 Å². The Morgan fingerprint density at radius 3 is 2.48 bits per heavy atom. The summed E-state index contributed by atoms with van der Waals surface area (Å²) in [5.74, 6) is 0.194. The molecule has 1 unspecified atom stereocenters. The number of ether oxygens (including phenoxy) is 1. The van der Waals surface area contributed by atoms with Crippen LogP contribution in [0.5, 0.6) is 5.75 Å². The molecule has 0 amide bonds. The van der Waals surface area contributed by atoms with Gasteiger partial charge in [0.1, 0.15) is 11.9 Å². The van der Waals surface area contributed by atoms with Crippen molar-refractivity contribution in [1.29, 1.82) is 0 Å². The van der Waals surface area contributed by atoms with Crippen LogP contribution >= 0.6 is 0 Å². The molecule has 2 aromatic rings. The fourth-order valence-electron chi connectivity index (χ4n) is 2.06. The fraction of sp³-hybridized carbons (Fsp3) is 0.278. The molecule has 0 fully saturated rings. The number of hydrogen-bond acceptors (Lipinski definition) is 3. The largest absolute Gasteiger partial charge is 0.493 e. The van der Waals surface area contributed by atoms with Crippen LogP contribution in [0.1, 0.15) is 41.8 Å². The maximum Gasteiger partial charge on any atom is 0.199 e. The van der Waals surface area contributed by atoms with E-state index in [0.717, 1.165) is 12.8 Å². The third-order valence-electron chi connectivity index (χ3n) is 3.27. The Labute approximate surface area is 125 Å². The van der Waals surface area contributed by atoms with Crippen molar-refractivity contribution < 1.29 is 14.6 Å². The topological polar surface area (TPSA) is 46.5 Å². The van der Waals surface area contributed by atoms with E-state index in [4.69, 9.17) is 4.74 Å². The van der Waals surface area contributed by atoms with E-state index in [0.29, 0.717) is 23.5 Å². The van der Waals surface area contributed by atoms with Crippen molar-refractivity contribution in [3.05, 3.63) is 65.7 Å². The van der Waals surface area contributed by atoms with Crippen LogP contribution in [0.4, 0.5) is 0 Å². The van der Waals surface area contributed by atoms with E-state index < -0.39 is 6.10 Å². The van der Waals surface area contributed by atoms with E-state index in [-0.39, 0.29) is 5.78 Å². The lowest BCUT2D eigenvalue weighted by atomic mass is 9.99. The van der Waals surface area contributed by atoms with Crippen LogP contribution in [0.15, 0.2) is 54.6 Å².